The second-order valence-electron chi connectivity index (χ2n) is 7.25. The smallest absolute Gasteiger partial charge is 0.191 e. The van der Waals surface area contributed by atoms with E-state index in [0.29, 0.717) is 4.75 Å². The normalized spacial score (nSPS) is 26.1. The Morgan fingerprint density at radius 1 is 1.36 bits per heavy atom. The summed E-state index contributed by atoms with van der Waals surface area (Å²) in [4.78, 5) is 7.39. The highest BCUT2D eigenvalue weighted by Crippen LogP contribution is 2.37. The van der Waals surface area contributed by atoms with Crippen LogP contribution in [0.5, 0.6) is 0 Å². The Labute approximate surface area is 156 Å². The summed E-state index contributed by atoms with van der Waals surface area (Å²) in [6, 6.07) is 4.35. The third kappa shape index (κ3) is 5.17. The van der Waals surface area contributed by atoms with E-state index < -0.39 is 0 Å². The molecular formula is C19H32N4OS. The van der Waals surface area contributed by atoms with E-state index in [-0.39, 0.29) is 6.04 Å². The summed E-state index contributed by atoms with van der Waals surface area (Å²) in [6.45, 7) is 9.34. The number of guanidine groups is 1. The van der Waals surface area contributed by atoms with Crippen LogP contribution >= 0.6 is 11.8 Å². The molecule has 0 spiro atoms. The molecule has 2 aliphatic rings. The topological polar surface area (TPSA) is 52.8 Å². The van der Waals surface area contributed by atoms with Crippen LogP contribution < -0.4 is 10.6 Å². The summed E-state index contributed by atoms with van der Waals surface area (Å²) in [6.07, 6.45) is 6.91. The molecule has 0 aromatic carbocycles. The second kappa shape index (κ2) is 8.99. The van der Waals surface area contributed by atoms with Crippen LogP contribution in [0.3, 0.4) is 0 Å². The maximum Gasteiger partial charge on any atom is 0.191 e. The Balaban J connectivity index is 1.61. The molecule has 6 heteroatoms. The number of likely N-dealkylation sites (tertiary alicyclic amines) is 1. The fraction of sp³-hybridized carbons (Fsp3) is 0.737. The van der Waals surface area contributed by atoms with Gasteiger partial charge in [-0.25, -0.2) is 0 Å². The highest BCUT2D eigenvalue weighted by atomic mass is 32.2. The molecule has 1 aromatic heterocycles. The van der Waals surface area contributed by atoms with Crippen molar-refractivity contribution in [2.45, 2.75) is 50.3 Å². The lowest BCUT2D eigenvalue weighted by atomic mass is 10.1. The van der Waals surface area contributed by atoms with Crippen molar-refractivity contribution in [2.75, 3.05) is 38.5 Å². The first-order chi connectivity index (χ1) is 12.2. The van der Waals surface area contributed by atoms with E-state index in [1.54, 1.807) is 6.26 Å². The molecule has 2 atom stereocenters. The van der Waals surface area contributed by atoms with Gasteiger partial charge in [0.05, 0.1) is 18.8 Å². The predicted octanol–water partition coefficient (Wildman–Crippen LogP) is 3.26. The Bertz CT molecular complexity index is 534. The molecule has 3 heterocycles. The number of furan rings is 1. The number of rotatable bonds is 7. The van der Waals surface area contributed by atoms with Gasteiger partial charge in [-0.15, -0.1) is 0 Å². The van der Waals surface area contributed by atoms with Crippen molar-refractivity contribution in [3.05, 3.63) is 24.2 Å². The summed E-state index contributed by atoms with van der Waals surface area (Å²) in [5.74, 6) is 3.24. The van der Waals surface area contributed by atoms with Crippen molar-refractivity contribution < 1.29 is 4.42 Å². The summed E-state index contributed by atoms with van der Waals surface area (Å²) < 4.78 is 6.02. The Morgan fingerprint density at radius 2 is 2.20 bits per heavy atom. The Kier molecular flexibility index (Phi) is 6.70. The van der Waals surface area contributed by atoms with Gasteiger partial charge in [0, 0.05) is 17.8 Å². The first kappa shape index (κ1) is 18.6. The SMILES string of the molecule is CCNC(=NCC1(C)CCCS1)NCC(c1ccco1)N1CCCC1. The van der Waals surface area contributed by atoms with Gasteiger partial charge in [-0.2, -0.15) is 11.8 Å². The van der Waals surface area contributed by atoms with Crippen LogP contribution in [0.2, 0.25) is 0 Å². The lowest BCUT2D eigenvalue weighted by Gasteiger charge is -2.27. The molecule has 1 aromatic rings. The van der Waals surface area contributed by atoms with Gasteiger partial charge in [0.1, 0.15) is 5.76 Å². The second-order valence-corrected chi connectivity index (χ2v) is 8.93. The molecule has 25 heavy (non-hydrogen) atoms. The molecule has 2 unspecified atom stereocenters. The number of nitrogens with one attached hydrogen (secondary N) is 2. The Hall–Kier alpha value is -1.14. The van der Waals surface area contributed by atoms with E-state index in [1.807, 2.05) is 6.07 Å². The minimum Gasteiger partial charge on any atom is -0.468 e. The van der Waals surface area contributed by atoms with Crippen molar-refractivity contribution in [3.8, 4) is 0 Å². The van der Waals surface area contributed by atoms with Crippen molar-refractivity contribution in [2.24, 2.45) is 4.99 Å². The molecule has 140 valence electrons. The van der Waals surface area contributed by atoms with Gasteiger partial charge in [0.2, 0.25) is 0 Å². The van der Waals surface area contributed by atoms with Crippen molar-refractivity contribution >= 4 is 17.7 Å². The maximum absolute atomic E-state index is 5.71. The zero-order valence-corrected chi connectivity index (χ0v) is 16.4. The van der Waals surface area contributed by atoms with Crippen LogP contribution in [0.4, 0.5) is 0 Å². The van der Waals surface area contributed by atoms with Gasteiger partial charge in [0.15, 0.2) is 5.96 Å². The Morgan fingerprint density at radius 3 is 2.84 bits per heavy atom. The molecule has 5 nitrogen and oxygen atoms in total. The molecule has 3 rings (SSSR count). The maximum atomic E-state index is 5.71. The van der Waals surface area contributed by atoms with Gasteiger partial charge in [0.25, 0.3) is 0 Å². The summed E-state index contributed by atoms with van der Waals surface area (Å²) >= 11 is 2.06. The van der Waals surface area contributed by atoms with Crippen LogP contribution in [-0.2, 0) is 0 Å². The van der Waals surface area contributed by atoms with Crippen LogP contribution in [0.25, 0.3) is 0 Å². The van der Waals surface area contributed by atoms with Crippen LogP contribution in [0.1, 0.15) is 51.3 Å². The molecule has 2 fully saturated rings. The van der Waals surface area contributed by atoms with Crippen molar-refractivity contribution in [3.63, 3.8) is 0 Å². The molecule has 0 saturated carbocycles. The van der Waals surface area contributed by atoms with E-state index >= 15 is 0 Å². The number of aliphatic imine (C=N–C) groups is 1. The molecule has 0 bridgehead atoms. The highest BCUT2D eigenvalue weighted by Gasteiger charge is 2.29. The van der Waals surface area contributed by atoms with Crippen molar-refractivity contribution in [1.29, 1.82) is 0 Å². The van der Waals surface area contributed by atoms with E-state index in [0.717, 1.165) is 44.4 Å². The van der Waals surface area contributed by atoms with E-state index in [4.69, 9.17) is 9.41 Å². The molecular weight excluding hydrogens is 332 g/mol. The fourth-order valence-electron chi connectivity index (χ4n) is 3.69. The van der Waals surface area contributed by atoms with E-state index in [9.17, 15) is 0 Å². The van der Waals surface area contributed by atoms with Gasteiger partial charge in [-0.1, -0.05) is 0 Å². The molecule has 0 radical (unpaired) electrons. The third-order valence-corrected chi connectivity index (χ3v) is 6.66. The van der Waals surface area contributed by atoms with E-state index in [1.165, 1.54) is 31.4 Å². The number of thioether (sulfide) groups is 1. The zero-order valence-electron chi connectivity index (χ0n) is 15.6. The molecule has 0 amide bonds. The summed E-state index contributed by atoms with van der Waals surface area (Å²) in [5, 5.41) is 6.95. The number of nitrogens with zero attached hydrogens (tertiary/aromatic N) is 2. The lowest BCUT2D eigenvalue weighted by molar-refractivity contribution is 0.215. The fourth-order valence-corrected chi connectivity index (χ4v) is 4.91. The number of hydrogen-bond acceptors (Lipinski definition) is 4. The average Bonchev–Trinajstić information content (AvgIpc) is 3.36. The van der Waals surface area contributed by atoms with Gasteiger partial charge >= 0.3 is 0 Å². The standard InChI is InChI=1S/C19H32N4OS/c1-3-20-18(22-15-19(2)9-7-13-25-19)21-14-16(17-8-6-12-24-17)23-10-4-5-11-23/h6,8,12,16H,3-5,7,9-11,13-15H2,1-2H3,(H2,20,21,22). The van der Waals surface area contributed by atoms with Crippen LogP contribution in [0.15, 0.2) is 27.8 Å². The van der Waals surface area contributed by atoms with Gasteiger partial charge in [-0.3, -0.25) is 9.89 Å². The van der Waals surface area contributed by atoms with Crippen LogP contribution in [-0.4, -0.2) is 54.1 Å². The monoisotopic (exact) mass is 364 g/mol. The first-order valence-electron chi connectivity index (χ1n) is 9.64. The minimum absolute atomic E-state index is 0.276. The zero-order chi connectivity index (χ0) is 17.5. The van der Waals surface area contributed by atoms with Crippen LogP contribution in [0, 0.1) is 0 Å². The molecule has 0 aliphatic carbocycles. The molecule has 2 aliphatic heterocycles. The van der Waals surface area contributed by atoms with Gasteiger partial charge < -0.3 is 15.1 Å². The van der Waals surface area contributed by atoms with Gasteiger partial charge in [-0.05, 0) is 70.5 Å². The van der Waals surface area contributed by atoms with E-state index in [2.05, 4.69) is 47.2 Å². The lowest BCUT2D eigenvalue weighted by Crippen LogP contribution is -2.43. The van der Waals surface area contributed by atoms with Crippen molar-refractivity contribution in [1.82, 2.24) is 15.5 Å². The first-order valence-corrected chi connectivity index (χ1v) is 10.6. The predicted molar refractivity (Wildman–Crippen MR) is 106 cm³/mol. The quantitative estimate of drug-likeness (QED) is 0.574. The summed E-state index contributed by atoms with van der Waals surface area (Å²) in [5.41, 5.74) is 0. The third-order valence-electron chi connectivity index (χ3n) is 5.13. The largest absolute Gasteiger partial charge is 0.468 e. The average molecular weight is 365 g/mol. The number of hydrogen-bond donors (Lipinski definition) is 2. The highest BCUT2D eigenvalue weighted by molar-refractivity contribution is 8.00. The molecule has 2 N–H and O–H groups in total. The molecule has 2 saturated heterocycles. The summed E-state index contributed by atoms with van der Waals surface area (Å²) in [7, 11) is 0. The minimum atomic E-state index is 0.276.